The number of hydrogen-bond donors (Lipinski definition) is 1. The summed E-state index contributed by atoms with van der Waals surface area (Å²) in [6.07, 6.45) is 10.6. The van der Waals surface area contributed by atoms with Crippen molar-refractivity contribution < 1.29 is 0 Å². The Bertz CT molecular complexity index is 278. The summed E-state index contributed by atoms with van der Waals surface area (Å²) in [5.74, 6) is 1.45. The van der Waals surface area contributed by atoms with Gasteiger partial charge < -0.3 is 5.73 Å². The van der Waals surface area contributed by atoms with E-state index in [9.17, 15) is 0 Å². The van der Waals surface area contributed by atoms with E-state index in [2.05, 4.69) is 17.1 Å². The van der Waals surface area contributed by atoms with Gasteiger partial charge in [-0.2, -0.15) is 0 Å². The first-order valence-electron chi connectivity index (χ1n) is 6.00. The summed E-state index contributed by atoms with van der Waals surface area (Å²) in [5, 5.41) is 0. The molecule has 15 heavy (non-hydrogen) atoms. The lowest BCUT2D eigenvalue weighted by atomic mass is 9.88. The Kier molecular flexibility index (Phi) is 3.73. The molecule has 1 aromatic rings. The van der Waals surface area contributed by atoms with Gasteiger partial charge in [-0.25, -0.2) is 0 Å². The predicted octanol–water partition coefficient (Wildman–Crippen LogP) is 2.70. The fourth-order valence-corrected chi connectivity index (χ4v) is 2.65. The molecule has 0 radical (unpaired) electrons. The first-order valence-corrected chi connectivity index (χ1v) is 6.00. The van der Waals surface area contributed by atoms with Crippen molar-refractivity contribution in [1.82, 2.24) is 4.98 Å². The maximum absolute atomic E-state index is 5.86. The van der Waals surface area contributed by atoms with Crippen LogP contribution < -0.4 is 5.73 Å². The molecule has 1 aromatic heterocycles. The fourth-order valence-electron chi connectivity index (χ4n) is 2.65. The molecular weight excluding hydrogens is 184 g/mol. The van der Waals surface area contributed by atoms with Crippen LogP contribution in [0.3, 0.4) is 0 Å². The summed E-state index contributed by atoms with van der Waals surface area (Å²) in [7, 11) is 0. The average molecular weight is 204 g/mol. The fraction of sp³-hybridized carbons (Fsp3) is 0.615. The number of nitrogens with two attached hydrogens (primary N) is 1. The molecule has 2 heteroatoms. The van der Waals surface area contributed by atoms with Crippen molar-refractivity contribution in [2.24, 2.45) is 11.7 Å². The Balaban J connectivity index is 1.97. The van der Waals surface area contributed by atoms with Crippen LogP contribution in [0.25, 0.3) is 0 Å². The summed E-state index contributed by atoms with van der Waals surface area (Å²) in [5.41, 5.74) is 7.22. The standard InChI is InChI=1S/C13H20N2/c14-10-13(9-11-3-1-2-4-11)12-5-7-15-8-6-12/h5-8,11,13H,1-4,9-10,14H2. The van der Waals surface area contributed by atoms with Crippen molar-refractivity contribution >= 4 is 0 Å². The van der Waals surface area contributed by atoms with Gasteiger partial charge in [0.2, 0.25) is 0 Å². The van der Waals surface area contributed by atoms with Crippen LogP contribution >= 0.6 is 0 Å². The lowest BCUT2D eigenvalue weighted by Crippen LogP contribution is -2.15. The highest BCUT2D eigenvalue weighted by Crippen LogP contribution is 2.33. The third-order valence-electron chi connectivity index (χ3n) is 3.55. The molecular formula is C13H20N2. The van der Waals surface area contributed by atoms with Gasteiger partial charge in [0.15, 0.2) is 0 Å². The molecule has 82 valence electrons. The monoisotopic (exact) mass is 204 g/mol. The van der Waals surface area contributed by atoms with E-state index in [0.717, 1.165) is 12.5 Å². The van der Waals surface area contributed by atoms with E-state index in [1.807, 2.05) is 12.4 Å². The Morgan fingerprint density at radius 1 is 1.27 bits per heavy atom. The minimum atomic E-state index is 0.538. The van der Waals surface area contributed by atoms with Crippen molar-refractivity contribution in [2.75, 3.05) is 6.54 Å². The second kappa shape index (κ2) is 5.26. The molecule has 2 rings (SSSR count). The summed E-state index contributed by atoms with van der Waals surface area (Å²) in [6.45, 7) is 0.764. The molecule has 2 nitrogen and oxygen atoms in total. The number of aromatic nitrogens is 1. The summed E-state index contributed by atoms with van der Waals surface area (Å²) in [6, 6.07) is 4.21. The average Bonchev–Trinajstić information content (AvgIpc) is 2.80. The minimum Gasteiger partial charge on any atom is -0.330 e. The SMILES string of the molecule is NCC(CC1CCCC1)c1ccncc1. The van der Waals surface area contributed by atoms with E-state index in [0.29, 0.717) is 5.92 Å². The summed E-state index contributed by atoms with van der Waals surface area (Å²) in [4.78, 5) is 4.05. The van der Waals surface area contributed by atoms with Gasteiger partial charge in [-0.15, -0.1) is 0 Å². The summed E-state index contributed by atoms with van der Waals surface area (Å²) >= 11 is 0. The van der Waals surface area contributed by atoms with Crippen LogP contribution in [0.2, 0.25) is 0 Å². The van der Waals surface area contributed by atoms with Crippen molar-refractivity contribution in [3.8, 4) is 0 Å². The van der Waals surface area contributed by atoms with Crippen molar-refractivity contribution in [3.05, 3.63) is 30.1 Å². The highest BCUT2D eigenvalue weighted by molar-refractivity contribution is 5.16. The molecule has 0 aliphatic heterocycles. The molecule has 1 aliphatic carbocycles. The molecule has 0 spiro atoms. The van der Waals surface area contributed by atoms with Gasteiger partial charge in [0.05, 0.1) is 0 Å². The van der Waals surface area contributed by atoms with E-state index in [-0.39, 0.29) is 0 Å². The number of rotatable bonds is 4. The largest absolute Gasteiger partial charge is 0.330 e. The van der Waals surface area contributed by atoms with Crippen molar-refractivity contribution in [1.29, 1.82) is 0 Å². The Labute approximate surface area is 91.9 Å². The van der Waals surface area contributed by atoms with Crippen LogP contribution in [-0.2, 0) is 0 Å². The second-order valence-electron chi connectivity index (χ2n) is 4.60. The number of nitrogens with zero attached hydrogens (tertiary/aromatic N) is 1. The van der Waals surface area contributed by atoms with Gasteiger partial charge in [0.25, 0.3) is 0 Å². The van der Waals surface area contributed by atoms with E-state index in [4.69, 9.17) is 5.73 Å². The van der Waals surface area contributed by atoms with Crippen molar-refractivity contribution in [2.45, 2.75) is 38.0 Å². The lowest BCUT2D eigenvalue weighted by molar-refractivity contribution is 0.447. The Morgan fingerprint density at radius 3 is 2.53 bits per heavy atom. The number of hydrogen-bond acceptors (Lipinski definition) is 2. The molecule has 0 amide bonds. The van der Waals surface area contributed by atoms with Gasteiger partial charge in [-0.3, -0.25) is 4.98 Å². The minimum absolute atomic E-state index is 0.538. The van der Waals surface area contributed by atoms with Crippen LogP contribution in [-0.4, -0.2) is 11.5 Å². The molecule has 0 aromatic carbocycles. The zero-order valence-corrected chi connectivity index (χ0v) is 9.23. The quantitative estimate of drug-likeness (QED) is 0.819. The molecule has 0 bridgehead atoms. The molecule has 1 unspecified atom stereocenters. The van der Waals surface area contributed by atoms with Gasteiger partial charge in [0.1, 0.15) is 0 Å². The van der Waals surface area contributed by atoms with E-state index in [1.54, 1.807) is 0 Å². The summed E-state index contributed by atoms with van der Waals surface area (Å²) < 4.78 is 0. The maximum Gasteiger partial charge on any atom is 0.0270 e. The highest BCUT2D eigenvalue weighted by Gasteiger charge is 2.20. The third-order valence-corrected chi connectivity index (χ3v) is 3.55. The highest BCUT2D eigenvalue weighted by atomic mass is 14.6. The molecule has 1 atom stereocenters. The van der Waals surface area contributed by atoms with Crippen LogP contribution in [0.4, 0.5) is 0 Å². The second-order valence-corrected chi connectivity index (χ2v) is 4.60. The third kappa shape index (κ3) is 2.78. The smallest absolute Gasteiger partial charge is 0.0270 e. The van der Waals surface area contributed by atoms with Crippen LogP contribution in [0.1, 0.15) is 43.6 Å². The predicted molar refractivity (Wildman–Crippen MR) is 62.6 cm³/mol. The molecule has 1 aliphatic rings. The maximum atomic E-state index is 5.86. The van der Waals surface area contributed by atoms with Gasteiger partial charge in [-0.05, 0) is 42.5 Å². The van der Waals surface area contributed by atoms with E-state index in [1.165, 1.54) is 37.7 Å². The Morgan fingerprint density at radius 2 is 1.93 bits per heavy atom. The first-order chi connectivity index (χ1) is 7.40. The van der Waals surface area contributed by atoms with Crippen LogP contribution in [0, 0.1) is 5.92 Å². The van der Waals surface area contributed by atoms with Gasteiger partial charge in [0, 0.05) is 12.4 Å². The zero-order valence-electron chi connectivity index (χ0n) is 9.23. The Hall–Kier alpha value is -0.890. The zero-order chi connectivity index (χ0) is 10.5. The van der Waals surface area contributed by atoms with Gasteiger partial charge >= 0.3 is 0 Å². The first kappa shape index (κ1) is 10.6. The van der Waals surface area contributed by atoms with Gasteiger partial charge in [-0.1, -0.05) is 25.7 Å². The normalized spacial score (nSPS) is 19.3. The van der Waals surface area contributed by atoms with E-state index < -0.39 is 0 Å². The molecule has 1 heterocycles. The molecule has 0 saturated heterocycles. The molecule has 1 fully saturated rings. The molecule has 2 N–H and O–H groups in total. The topological polar surface area (TPSA) is 38.9 Å². The molecule has 1 saturated carbocycles. The van der Waals surface area contributed by atoms with Crippen LogP contribution in [0.15, 0.2) is 24.5 Å². The lowest BCUT2D eigenvalue weighted by Gasteiger charge is -2.19. The van der Waals surface area contributed by atoms with E-state index >= 15 is 0 Å². The van der Waals surface area contributed by atoms with Crippen molar-refractivity contribution in [3.63, 3.8) is 0 Å². The number of pyridine rings is 1. The van der Waals surface area contributed by atoms with Crippen LogP contribution in [0.5, 0.6) is 0 Å².